The molecule has 2 aromatic rings. The van der Waals surface area contributed by atoms with Crippen LogP contribution in [0.25, 0.3) is 12.2 Å². The summed E-state index contributed by atoms with van der Waals surface area (Å²) in [4.78, 5) is 2.19. The second-order valence-corrected chi connectivity index (χ2v) is 4.57. The number of rotatable bonds is 6. The quantitative estimate of drug-likeness (QED) is 0.830. The van der Waals surface area contributed by atoms with Crippen LogP contribution >= 0.6 is 0 Å². The second kappa shape index (κ2) is 6.87. The van der Waals surface area contributed by atoms with E-state index in [0.29, 0.717) is 6.54 Å². The number of aromatic amines is 1. The van der Waals surface area contributed by atoms with Gasteiger partial charge in [-0.25, -0.2) is 0 Å². The highest BCUT2D eigenvalue weighted by atomic mass is 15.1. The van der Waals surface area contributed by atoms with Crippen LogP contribution in [-0.4, -0.2) is 35.2 Å². The van der Waals surface area contributed by atoms with E-state index >= 15 is 0 Å². The lowest BCUT2D eigenvalue weighted by molar-refractivity contribution is 0.336. The van der Waals surface area contributed by atoms with Gasteiger partial charge in [-0.1, -0.05) is 36.4 Å². The summed E-state index contributed by atoms with van der Waals surface area (Å²) in [5.41, 5.74) is 8.89. The number of nitrogens with two attached hydrogens (primary N) is 1. The van der Waals surface area contributed by atoms with Crippen molar-refractivity contribution in [3.05, 3.63) is 53.3 Å². The van der Waals surface area contributed by atoms with Gasteiger partial charge in [-0.2, -0.15) is 5.10 Å². The Morgan fingerprint density at radius 3 is 2.79 bits per heavy atom. The zero-order chi connectivity index (χ0) is 13.5. The molecule has 1 aromatic heterocycles. The van der Waals surface area contributed by atoms with Crippen LogP contribution in [0.4, 0.5) is 0 Å². The van der Waals surface area contributed by atoms with E-state index in [-0.39, 0.29) is 0 Å². The molecular formula is C15H20N4. The molecule has 100 valence electrons. The van der Waals surface area contributed by atoms with Crippen molar-refractivity contribution in [2.75, 3.05) is 20.1 Å². The van der Waals surface area contributed by atoms with Crippen molar-refractivity contribution in [1.29, 1.82) is 0 Å². The van der Waals surface area contributed by atoms with Gasteiger partial charge in [0, 0.05) is 31.4 Å². The van der Waals surface area contributed by atoms with Crippen LogP contribution in [0.5, 0.6) is 0 Å². The second-order valence-electron chi connectivity index (χ2n) is 4.57. The Bertz CT molecular complexity index is 516. The van der Waals surface area contributed by atoms with Crippen molar-refractivity contribution in [2.45, 2.75) is 6.54 Å². The molecule has 0 spiro atoms. The lowest BCUT2D eigenvalue weighted by Crippen LogP contribution is -2.25. The summed E-state index contributed by atoms with van der Waals surface area (Å²) < 4.78 is 0. The smallest absolute Gasteiger partial charge is 0.0893 e. The van der Waals surface area contributed by atoms with Crippen LogP contribution in [0.2, 0.25) is 0 Å². The molecule has 1 aromatic carbocycles. The standard InChI is InChI=1S/C15H20N4/c1-19(10-9-16)12-14-11-17-18-15(14)8-7-13-5-3-2-4-6-13/h2-8,11H,9-10,12,16H2,1H3,(H,17,18)/b8-7+. The Morgan fingerprint density at radius 2 is 2.05 bits per heavy atom. The lowest BCUT2D eigenvalue weighted by Gasteiger charge is -2.14. The van der Waals surface area contributed by atoms with Crippen molar-refractivity contribution >= 4 is 12.2 Å². The van der Waals surface area contributed by atoms with E-state index in [9.17, 15) is 0 Å². The highest BCUT2D eigenvalue weighted by Crippen LogP contribution is 2.12. The van der Waals surface area contributed by atoms with Crippen molar-refractivity contribution < 1.29 is 0 Å². The number of hydrogen-bond acceptors (Lipinski definition) is 3. The zero-order valence-electron chi connectivity index (χ0n) is 11.2. The van der Waals surface area contributed by atoms with Gasteiger partial charge in [0.05, 0.1) is 5.69 Å². The summed E-state index contributed by atoms with van der Waals surface area (Å²) in [6.07, 6.45) is 6.05. The first kappa shape index (κ1) is 13.5. The molecule has 1 heterocycles. The highest BCUT2D eigenvalue weighted by Gasteiger charge is 2.05. The minimum Gasteiger partial charge on any atom is -0.329 e. The molecule has 0 fully saturated rings. The van der Waals surface area contributed by atoms with Crippen molar-refractivity contribution in [2.24, 2.45) is 5.73 Å². The fraction of sp³-hybridized carbons (Fsp3) is 0.267. The molecule has 0 aliphatic rings. The molecule has 0 amide bonds. The third-order valence-corrected chi connectivity index (χ3v) is 2.94. The normalized spacial score (nSPS) is 11.5. The number of likely N-dealkylation sites (N-methyl/N-ethyl adjacent to an activating group) is 1. The van der Waals surface area contributed by atoms with E-state index in [1.165, 1.54) is 11.1 Å². The molecule has 0 unspecified atom stereocenters. The van der Waals surface area contributed by atoms with Crippen molar-refractivity contribution in [1.82, 2.24) is 15.1 Å². The van der Waals surface area contributed by atoms with Crippen molar-refractivity contribution in [3.8, 4) is 0 Å². The predicted octanol–water partition coefficient (Wildman–Crippen LogP) is 1.97. The number of benzene rings is 1. The first-order valence-corrected chi connectivity index (χ1v) is 6.44. The summed E-state index contributed by atoms with van der Waals surface area (Å²) in [5.74, 6) is 0. The fourth-order valence-corrected chi connectivity index (χ4v) is 1.93. The SMILES string of the molecule is CN(CCN)Cc1c[nH]nc1/C=C/c1ccccc1. The average Bonchev–Trinajstić information content (AvgIpc) is 2.85. The van der Waals surface area contributed by atoms with E-state index < -0.39 is 0 Å². The summed E-state index contributed by atoms with van der Waals surface area (Å²) >= 11 is 0. The van der Waals surface area contributed by atoms with Gasteiger partial charge in [-0.05, 0) is 18.7 Å². The summed E-state index contributed by atoms with van der Waals surface area (Å²) in [6, 6.07) is 10.2. The van der Waals surface area contributed by atoms with E-state index in [4.69, 9.17) is 5.73 Å². The topological polar surface area (TPSA) is 57.9 Å². The molecule has 4 nitrogen and oxygen atoms in total. The Balaban J connectivity index is 2.05. The number of nitrogens with zero attached hydrogens (tertiary/aromatic N) is 2. The van der Waals surface area contributed by atoms with Crippen LogP contribution in [0, 0.1) is 0 Å². The van der Waals surface area contributed by atoms with Gasteiger partial charge in [0.25, 0.3) is 0 Å². The third kappa shape index (κ3) is 4.05. The Labute approximate surface area is 113 Å². The first-order chi connectivity index (χ1) is 9.29. The fourth-order valence-electron chi connectivity index (χ4n) is 1.93. The molecule has 0 aliphatic heterocycles. The average molecular weight is 256 g/mol. The number of hydrogen-bond donors (Lipinski definition) is 2. The van der Waals surface area contributed by atoms with Gasteiger partial charge < -0.3 is 10.6 Å². The Morgan fingerprint density at radius 1 is 1.26 bits per heavy atom. The molecular weight excluding hydrogens is 236 g/mol. The largest absolute Gasteiger partial charge is 0.329 e. The van der Waals surface area contributed by atoms with Gasteiger partial charge in [-0.15, -0.1) is 0 Å². The molecule has 19 heavy (non-hydrogen) atoms. The maximum Gasteiger partial charge on any atom is 0.0893 e. The highest BCUT2D eigenvalue weighted by molar-refractivity contribution is 5.69. The monoisotopic (exact) mass is 256 g/mol. The molecule has 2 rings (SSSR count). The van der Waals surface area contributed by atoms with Gasteiger partial charge >= 0.3 is 0 Å². The predicted molar refractivity (Wildman–Crippen MR) is 79.3 cm³/mol. The summed E-state index contributed by atoms with van der Waals surface area (Å²) in [7, 11) is 2.06. The van der Waals surface area contributed by atoms with E-state index in [2.05, 4.69) is 40.4 Å². The molecule has 4 heteroatoms. The summed E-state index contributed by atoms with van der Waals surface area (Å²) in [5, 5.41) is 7.20. The van der Waals surface area contributed by atoms with Crippen LogP contribution in [0.3, 0.4) is 0 Å². The van der Waals surface area contributed by atoms with E-state index in [1.54, 1.807) is 0 Å². The third-order valence-electron chi connectivity index (χ3n) is 2.94. The summed E-state index contributed by atoms with van der Waals surface area (Å²) in [6.45, 7) is 2.40. The first-order valence-electron chi connectivity index (χ1n) is 6.44. The molecule has 0 bridgehead atoms. The van der Waals surface area contributed by atoms with E-state index in [1.807, 2.05) is 30.5 Å². The number of aromatic nitrogens is 2. The minimum atomic E-state index is 0.670. The van der Waals surface area contributed by atoms with Crippen LogP contribution < -0.4 is 5.73 Å². The maximum absolute atomic E-state index is 5.55. The van der Waals surface area contributed by atoms with Crippen molar-refractivity contribution in [3.63, 3.8) is 0 Å². The van der Waals surface area contributed by atoms with Gasteiger partial charge in [0.1, 0.15) is 0 Å². The molecule has 0 saturated heterocycles. The van der Waals surface area contributed by atoms with Crippen LogP contribution in [-0.2, 0) is 6.54 Å². The van der Waals surface area contributed by atoms with Crippen LogP contribution in [0.15, 0.2) is 36.5 Å². The number of H-pyrrole nitrogens is 1. The van der Waals surface area contributed by atoms with Crippen LogP contribution in [0.1, 0.15) is 16.8 Å². The van der Waals surface area contributed by atoms with Gasteiger partial charge in [-0.3, -0.25) is 5.10 Å². The van der Waals surface area contributed by atoms with Gasteiger partial charge in [0.15, 0.2) is 0 Å². The number of nitrogens with one attached hydrogen (secondary N) is 1. The lowest BCUT2D eigenvalue weighted by atomic mass is 10.1. The molecule has 0 radical (unpaired) electrons. The Hall–Kier alpha value is -1.91. The maximum atomic E-state index is 5.55. The van der Waals surface area contributed by atoms with Gasteiger partial charge in [0.2, 0.25) is 0 Å². The molecule has 0 aliphatic carbocycles. The Kier molecular flexibility index (Phi) is 4.89. The molecule has 3 N–H and O–H groups in total. The molecule has 0 atom stereocenters. The molecule has 0 saturated carbocycles. The zero-order valence-corrected chi connectivity index (χ0v) is 11.2. The minimum absolute atomic E-state index is 0.670. The van der Waals surface area contributed by atoms with E-state index in [0.717, 1.165) is 18.8 Å².